The van der Waals surface area contributed by atoms with Gasteiger partial charge in [0.1, 0.15) is 0 Å². The van der Waals surface area contributed by atoms with Crippen molar-refractivity contribution in [1.82, 2.24) is 0 Å². The van der Waals surface area contributed by atoms with Gasteiger partial charge in [0, 0.05) is 18.8 Å². The molecule has 29 heavy (non-hydrogen) atoms. The summed E-state index contributed by atoms with van der Waals surface area (Å²) in [5, 5.41) is 21.2. The molecule has 162 valence electrons. The highest BCUT2D eigenvalue weighted by Crippen LogP contribution is 2.61. The van der Waals surface area contributed by atoms with Gasteiger partial charge in [0.25, 0.3) is 0 Å². The number of allylic oxidation sites excluding steroid dienone is 2. The number of carbonyl (C=O) groups is 1. The molecular formula is C25H38O4. The number of aliphatic hydroxyl groups excluding tert-OH is 2. The molecule has 6 atom stereocenters. The Morgan fingerprint density at radius 2 is 2.21 bits per heavy atom. The quantitative estimate of drug-likeness (QED) is 0.259. The maximum atomic E-state index is 11.3. The van der Waals surface area contributed by atoms with Gasteiger partial charge < -0.3 is 14.9 Å². The van der Waals surface area contributed by atoms with Crippen LogP contribution in [0.25, 0.3) is 0 Å². The van der Waals surface area contributed by atoms with Gasteiger partial charge in [-0.15, -0.1) is 11.8 Å². The van der Waals surface area contributed by atoms with Crippen LogP contribution in [0.1, 0.15) is 72.1 Å². The molecule has 0 aromatic heterocycles. The van der Waals surface area contributed by atoms with Crippen molar-refractivity contribution in [2.24, 2.45) is 23.2 Å². The summed E-state index contributed by atoms with van der Waals surface area (Å²) in [5.74, 6) is 6.42. The Labute approximate surface area is 176 Å². The van der Waals surface area contributed by atoms with E-state index in [1.54, 1.807) is 0 Å². The molecule has 2 aliphatic rings. The van der Waals surface area contributed by atoms with E-state index in [0.717, 1.165) is 38.5 Å². The van der Waals surface area contributed by atoms with Crippen molar-refractivity contribution in [3.05, 3.63) is 23.8 Å². The number of aliphatic hydroxyl groups is 2. The topological polar surface area (TPSA) is 66.8 Å². The second kappa shape index (κ2) is 11.0. The Hall–Kier alpha value is -1.57. The summed E-state index contributed by atoms with van der Waals surface area (Å²) < 4.78 is 4.70. The molecule has 2 saturated carbocycles. The number of esters is 1. The van der Waals surface area contributed by atoms with E-state index >= 15 is 0 Å². The number of hydrogen-bond donors (Lipinski definition) is 2. The number of methoxy groups -OCH3 is 1. The molecule has 0 bridgehead atoms. The lowest BCUT2D eigenvalue weighted by atomic mass is 9.71. The summed E-state index contributed by atoms with van der Waals surface area (Å²) in [4.78, 5) is 11.3. The molecule has 1 unspecified atom stereocenters. The first kappa shape index (κ1) is 23.7. The Morgan fingerprint density at radius 1 is 1.45 bits per heavy atom. The van der Waals surface area contributed by atoms with E-state index in [-0.39, 0.29) is 29.3 Å². The van der Waals surface area contributed by atoms with Crippen molar-refractivity contribution in [2.45, 2.75) is 84.3 Å². The molecule has 4 heteroatoms. The van der Waals surface area contributed by atoms with Gasteiger partial charge in [-0.2, -0.15) is 0 Å². The summed E-state index contributed by atoms with van der Waals surface area (Å²) in [6, 6.07) is 0. The van der Waals surface area contributed by atoms with E-state index < -0.39 is 6.10 Å². The van der Waals surface area contributed by atoms with Crippen molar-refractivity contribution in [2.75, 3.05) is 7.11 Å². The Kier molecular flexibility index (Phi) is 8.99. The van der Waals surface area contributed by atoms with Crippen LogP contribution in [0.3, 0.4) is 0 Å². The van der Waals surface area contributed by atoms with Crippen LogP contribution in [0.4, 0.5) is 0 Å². The van der Waals surface area contributed by atoms with Crippen LogP contribution in [0.15, 0.2) is 23.8 Å². The molecule has 0 aromatic rings. The van der Waals surface area contributed by atoms with Crippen molar-refractivity contribution < 1.29 is 19.7 Å². The van der Waals surface area contributed by atoms with Crippen LogP contribution < -0.4 is 0 Å². The van der Waals surface area contributed by atoms with Crippen LogP contribution in [-0.4, -0.2) is 35.5 Å². The largest absolute Gasteiger partial charge is 0.469 e. The van der Waals surface area contributed by atoms with E-state index in [0.29, 0.717) is 18.8 Å². The Balaban J connectivity index is 2.03. The predicted molar refractivity (Wildman–Crippen MR) is 116 cm³/mol. The smallest absolute Gasteiger partial charge is 0.305 e. The fraction of sp³-hybridized carbons (Fsp3) is 0.720. The zero-order valence-corrected chi connectivity index (χ0v) is 18.5. The molecule has 2 N–H and O–H groups in total. The lowest BCUT2D eigenvalue weighted by Crippen LogP contribution is -2.30. The monoisotopic (exact) mass is 402 g/mol. The lowest BCUT2D eigenvalue weighted by Gasteiger charge is -2.34. The van der Waals surface area contributed by atoms with Crippen LogP contribution in [-0.2, 0) is 9.53 Å². The summed E-state index contributed by atoms with van der Waals surface area (Å²) in [6.45, 7) is 6.05. The van der Waals surface area contributed by atoms with E-state index in [2.05, 4.69) is 30.9 Å². The van der Waals surface area contributed by atoms with E-state index in [4.69, 9.17) is 4.74 Å². The molecule has 0 aliphatic heterocycles. The molecule has 2 rings (SSSR count). The second-order valence-corrected chi connectivity index (χ2v) is 8.81. The molecule has 0 saturated heterocycles. The number of rotatable bonds is 9. The second-order valence-electron chi connectivity index (χ2n) is 8.81. The standard InChI is InChI=1S/C25H38O4/c1-5-7-10-18(3)22(26)14-13-21-23(27)16-20-15-19(17-25(20,21)6-2)11-8-9-12-24(28)29-4/h11,13-14,18,20-23,26-27H,6,8-10,12,15-17H2,1-4H3/b14-13+,19-11+/t18?,20-,21-,22+,23+,25-/m0/s1. The summed E-state index contributed by atoms with van der Waals surface area (Å²) in [7, 11) is 1.43. The molecule has 0 aromatic carbocycles. The molecule has 0 heterocycles. The molecule has 2 aliphatic carbocycles. The Morgan fingerprint density at radius 3 is 2.86 bits per heavy atom. The summed E-state index contributed by atoms with van der Waals surface area (Å²) >= 11 is 0. The molecule has 2 fully saturated rings. The van der Waals surface area contributed by atoms with Crippen LogP contribution in [0, 0.1) is 35.0 Å². The number of fused-ring (bicyclic) bond motifs is 1. The maximum absolute atomic E-state index is 11.3. The van der Waals surface area contributed by atoms with Crippen LogP contribution >= 0.6 is 0 Å². The third kappa shape index (κ3) is 5.74. The third-order valence-corrected chi connectivity index (χ3v) is 7.09. The summed E-state index contributed by atoms with van der Waals surface area (Å²) in [5.41, 5.74) is 1.54. The van der Waals surface area contributed by atoms with Crippen LogP contribution in [0.5, 0.6) is 0 Å². The van der Waals surface area contributed by atoms with Crippen LogP contribution in [0.2, 0.25) is 0 Å². The minimum Gasteiger partial charge on any atom is -0.469 e. The van der Waals surface area contributed by atoms with E-state index in [1.807, 2.05) is 19.9 Å². The van der Waals surface area contributed by atoms with Crippen molar-refractivity contribution in [3.8, 4) is 11.8 Å². The van der Waals surface area contributed by atoms with Gasteiger partial charge in [0.05, 0.1) is 19.3 Å². The van der Waals surface area contributed by atoms with Gasteiger partial charge in [0.2, 0.25) is 0 Å². The first-order valence-electron chi connectivity index (χ1n) is 11.1. The average Bonchev–Trinajstić information content (AvgIpc) is 3.18. The highest BCUT2D eigenvalue weighted by Gasteiger charge is 2.55. The lowest BCUT2D eigenvalue weighted by molar-refractivity contribution is -0.140. The normalized spacial score (nSPS) is 32.1. The van der Waals surface area contributed by atoms with Gasteiger partial charge in [-0.05, 0) is 62.7 Å². The highest BCUT2D eigenvalue weighted by atomic mass is 16.5. The van der Waals surface area contributed by atoms with Gasteiger partial charge in [-0.1, -0.05) is 37.6 Å². The first-order valence-corrected chi connectivity index (χ1v) is 11.1. The molecular weight excluding hydrogens is 364 g/mol. The van der Waals surface area contributed by atoms with Crippen molar-refractivity contribution in [1.29, 1.82) is 0 Å². The molecule has 0 amide bonds. The average molecular weight is 403 g/mol. The third-order valence-electron chi connectivity index (χ3n) is 7.09. The molecule has 0 spiro atoms. The number of unbranched alkanes of at least 4 members (excludes halogenated alkanes) is 1. The van der Waals surface area contributed by atoms with Gasteiger partial charge in [-0.25, -0.2) is 0 Å². The number of hydrogen-bond acceptors (Lipinski definition) is 4. The van der Waals surface area contributed by atoms with Gasteiger partial charge in [0.15, 0.2) is 0 Å². The molecule has 0 radical (unpaired) electrons. The van der Waals surface area contributed by atoms with E-state index in [1.165, 1.54) is 12.7 Å². The summed E-state index contributed by atoms with van der Waals surface area (Å²) in [6.07, 6.45) is 12.1. The maximum Gasteiger partial charge on any atom is 0.305 e. The van der Waals surface area contributed by atoms with Gasteiger partial charge in [-0.3, -0.25) is 4.79 Å². The molecule has 4 nitrogen and oxygen atoms in total. The Bertz CT molecular complexity index is 668. The van der Waals surface area contributed by atoms with E-state index in [9.17, 15) is 15.0 Å². The predicted octanol–water partition coefficient (Wildman–Crippen LogP) is 4.41. The highest BCUT2D eigenvalue weighted by molar-refractivity contribution is 5.69. The zero-order valence-electron chi connectivity index (χ0n) is 18.5. The number of ether oxygens (including phenoxy) is 1. The SMILES string of the molecule is CC#CCC(C)[C@H](O)/C=C/[C@H]1[C@H](O)C[C@@H]2C/C(=C\CCCC(=O)OC)C[C@@]21CC. The van der Waals surface area contributed by atoms with Gasteiger partial charge >= 0.3 is 5.97 Å². The number of carbonyl (C=O) groups excluding carboxylic acids is 1. The zero-order chi connectivity index (χ0) is 21.4. The fourth-order valence-electron chi connectivity index (χ4n) is 5.27. The minimum absolute atomic E-state index is 0.0796. The van der Waals surface area contributed by atoms with Crippen molar-refractivity contribution >= 4 is 5.97 Å². The van der Waals surface area contributed by atoms with Crippen molar-refractivity contribution in [3.63, 3.8) is 0 Å². The first-order chi connectivity index (χ1) is 13.9. The fourth-order valence-corrected chi connectivity index (χ4v) is 5.27. The minimum atomic E-state index is -0.536.